The molecule has 18 atom stereocenters. The summed E-state index contributed by atoms with van der Waals surface area (Å²) in [4.78, 5) is 55.4. The van der Waals surface area contributed by atoms with Crippen molar-refractivity contribution in [2.24, 2.45) is 35.5 Å². The van der Waals surface area contributed by atoms with Crippen LogP contribution >= 0.6 is 0 Å². The van der Waals surface area contributed by atoms with Crippen LogP contribution in [0.2, 0.25) is 0 Å². The molecular weight excluding hydrogens is 893 g/mol. The van der Waals surface area contributed by atoms with E-state index in [4.69, 9.17) is 37.9 Å². The number of epoxide rings is 1. The number of benzene rings is 3. The molecule has 4 N–H and O–H groups in total. The van der Waals surface area contributed by atoms with Crippen LogP contribution in [-0.4, -0.2) is 129 Å². The van der Waals surface area contributed by atoms with Crippen LogP contribution in [0.1, 0.15) is 90.9 Å². The number of hydrogen-bond donors (Lipinski definition) is 4. The van der Waals surface area contributed by atoms with Gasteiger partial charge in [0, 0.05) is 24.7 Å². The molecule has 69 heavy (non-hydrogen) atoms. The summed E-state index contributed by atoms with van der Waals surface area (Å²) < 4.78 is 53.0. The quantitative estimate of drug-likeness (QED) is 0.0935. The van der Waals surface area contributed by atoms with Crippen LogP contribution in [-0.2, 0) is 42.7 Å². The van der Waals surface area contributed by atoms with Gasteiger partial charge in [0.1, 0.15) is 59.5 Å². The van der Waals surface area contributed by atoms with Crippen LogP contribution in [0.25, 0.3) is 0 Å². The highest BCUT2D eigenvalue weighted by Gasteiger charge is 2.91. The Morgan fingerprint density at radius 2 is 1.32 bits per heavy atom. The van der Waals surface area contributed by atoms with Gasteiger partial charge < -0.3 is 58.3 Å². The molecular formula is C53H60O16. The molecule has 2 spiro atoms. The second-order valence-electron chi connectivity index (χ2n) is 20.4. The van der Waals surface area contributed by atoms with Crippen molar-refractivity contribution in [3.63, 3.8) is 0 Å². The van der Waals surface area contributed by atoms with Gasteiger partial charge in [0.2, 0.25) is 0 Å². The molecule has 16 nitrogen and oxygen atoms in total. The largest absolute Gasteiger partial charge is 0.465 e. The number of hydrogen-bond acceptors (Lipinski definition) is 16. The van der Waals surface area contributed by atoms with Crippen molar-refractivity contribution >= 4 is 23.9 Å². The van der Waals surface area contributed by atoms with Crippen LogP contribution in [0, 0.1) is 35.5 Å². The predicted octanol–water partition coefficient (Wildman–Crippen LogP) is 4.70. The molecule has 368 valence electrons. The van der Waals surface area contributed by atoms with E-state index >= 15 is 0 Å². The molecule has 4 heterocycles. The summed E-state index contributed by atoms with van der Waals surface area (Å²) >= 11 is 0. The number of fused-ring (bicyclic) bond motifs is 1. The van der Waals surface area contributed by atoms with Gasteiger partial charge in [-0.05, 0) is 98.8 Å². The molecule has 3 bridgehead atoms. The molecule has 7 aliphatic rings. The van der Waals surface area contributed by atoms with Crippen molar-refractivity contribution in [3.8, 4) is 0 Å². The number of esters is 4. The summed E-state index contributed by atoms with van der Waals surface area (Å²) in [5, 5.41) is 51.3. The van der Waals surface area contributed by atoms with Crippen LogP contribution < -0.4 is 0 Å². The summed E-state index contributed by atoms with van der Waals surface area (Å²) in [6, 6.07) is 25.0. The van der Waals surface area contributed by atoms with Crippen LogP contribution in [0.4, 0.5) is 0 Å². The number of rotatable bonds is 10. The van der Waals surface area contributed by atoms with E-state index in [9.17, 15) is 39.6 Å². The van der Waals surface area contributed by atoms with E-state index in [1.165, 1.54) is 6.92 Å². The maximum absolute atomic E-state index is 14.3. The van der Waals surface area contributed by atoms with Gasteiger partial charge in [-0.3, -0.25) is 4.79 Å². The summed E-state index contributed by atoms with van der Waals surface area (Å²) in [6.45, 7) is 10.00. The van der Waals surface area contributed by atoms with Crippen molar-refractivity contribution in [3.05, 3.63) is 120 Å². The van der Waals surface area contributed by atoms with Gasteiger partial charge >= 0.3 is 29.9 Å². The van der Waals surface area contributed by atoms with E-state index in [1.807, 2.05) is 6.92 Å². The van der Waals surface area contributed by atoms with Crippen LogP contribution in [0.15, 0.2) is 103 Å². The third-order valence-corrected chi connectivity index (χ3v) is 16.6. The molecule has 1 unspecified atom stereocenters. The van der Waals surface area contributed by atoms with Crippen molar-refractivity contribution in [2.75, 3.05) is 13.2 Å². The summed E-state index contributed by atoms with van der Waals surface area (Å²) in [5.74, 6) is -10.6. The van der Waals surface area contributed by atoms with E-state index in [0.717, 1.165) is 0 Å². The summed E-state index contributed by atoms with van der Waals surface area (Å²) in [7, 11) is 0. The van der Waals surface area contributed by atoms with Gasteiger partial charge in [0.15, 0.2) is 0 Å². The van der Waals surface area contributed by atoms with Gasteiger partial charge in [-0.15, -0.1) is 0 Å². The lowest BCUT2D eigenvalue weighted by Gasteiger charge is -2.62. The Labute approximate surface area is 399 Å². The van der Waals surface area contributed by atoms with E-state index in [2.05, 4.69) is 6.58 Å². The fourth-order valence-electron chi connectivity index (χ4n) is 13.6. The first-order valence-corrected chi connectivity index (χ1v) is 24.0. The second kappa shape index (κ2) is 17.4. The van der Waals surface area contributed by atoms with Gasteiger partial charge in [0.05, 0.1) is 35.5 Å². The molecule has 7 fully saturated rings. The molecule has 0 radical (unpaired) electrons. The SMILES string of the molecule is C=C(C)[C@]12C[C@@H](COC(C)=O)[C@@]34OC5(O[C@@H]1[C@@H]3[C@@H]1O[C@]1(CO)[C@@H](O)[C@@]1(O)[C@H]4[C@H]([C@H](C)[C@@H]1OC(=O)c1ccccc1)[C@H](C)C[C@H](OC(=O)c1ccccc1)[C@H](OC(=O)c1ccccc1)CCC[C@H]5O)O2. The number of carbonyl (C=O) groups is 4. The lowest BCUT2D eigenvalue weighted by molar-refractivity contribution is -0.459. The highest BCUT2D eigenvalue weighted by atomic mass is 16.9. The molecule has 4 saturated heterocycles. The topological polar surface area (TPSA) is 226 Å². The maximum Gasteiger partial charge on any atom is 0.338 e. The molecule has 0 aromatic heterocycles. The van der Waals surface area contributed by atoms with Crippen molar-refractivity contribution in [1.29, 1.82) is 0 Å². The zero-order valence-corrected chi connectivity index (χ0v) is 39.0. The average molecular weight is 953 g/mol. The summed E-state index contributed by atoms with van der Waals surface area (Å²) in [6.07, 6.45) is -9.17. The molecule has 3 aliphatic carbocycles. The number of carbonyl (C=O) groups excluding carboxylic acids is 4. The Balaban J connectivity index is 1.19. The normalized spacial score (nSPS) is 42.5. The zero-order valence-electron chi connectivity index (χ0n) is 39.0. The van der Waals surface area contributed by atoms with Gasteiger partial charge in [0.25, 0.3) is 0 Å². The molecule has 3 saturated carbocycles. The number of aliphatic hydroxyl groups excluding tert-OH is 3. The van der Waals surface area contributed by atoms with Crippen molar-refractivity contribution in [2.45, 2.75) is 131 Å². The van der Waals surface area contributed by atoms with Crippen molar-refractivity contribution in [1.82, 2.24) is 0 Å². The van der Waals surface area contributed by atoms with E-state index in [1.54, 1.807) is 105 Å². The van der Waals surface area contributed by atoms with E-state index in [-0.39, 0.29) is 55.4 Å². The first-order chi connectivity index (χ1) is 33.0. The lowest BCUT2D eigenvalue weighted by Crippen LogP contribution is -2.75. The first kappa shape index (κ1) is 47.6. The molecule has 0 amide bonds. The summed E-state index contributed by atoms with van der Waals surface area (Å²) in [5.41, 5.74) is -6.43. The Bertz CT molecular complexity index is 2470. The molecule has 3 aromatic carbocycles. The minimum Gasteiger partial charge on any atom is -0.465 e. The average Bonchev–Trinajstić information content (AvgIpc) is 3.98. The first-order valence-electron chi connectivity index (χ1n) is 24.0. The van der Waals surface area contributed by atoms with Crippen molar-refractivity contribution < 1.29 is 77.5 Å². The minimum absolute atomic E-state index is 0.00258. The Morgan fingerprint density at radius 3 is 1.87 bits per heavy atom. The van der Waals surface area contributed by atoms with E-state index < -0.39 is 137 Å². The third kappa shape index (κ3) is 7.22. The van der Waals surface area contributed by atoms with Crippen LogP contribution in [0.3, 0.4) is 0 Å². The van der Waals surface area contributed by atoms with E-state index in [0.29, 0.717) is 5.57 Å². The molecule has 4 aliphatic heterocycles. The molecule has 3 aromatic rings. The maximum atomic E-state index is 14.3. The highest BCUT2D eigenvalue weighted by molar-refractivity contribution is 5.90. The molecule has 10 rings (SSSR count). The van der Waals surface area contributed by atoms with Gasteiger partial charge in [-0.2, -0.15) is 0 Å². The molecule has 16 heteroatoms. The van der Waals surface area contributed by atoms with Gasteiger partial charge in [-0.1, -0.05) is 75.0 Å². The second-order valence-corrected chi connectivity index (χ2v) is 20.4. The minimum atomic E-state index is -2.52. The Kier molecular flexibility index (Phi) is 12.0. The fraction of sp³-hybridized carbons (Fsp3) is 0.547. The number of ether oxygens (including phenoxy) is 8. The predicted molar refractivity (Wildman–Crippen MR) is 241 cm³/mol. The number of aliphatic hydroxyl groups is 4. The third-order valence-electron chi connectivity index (χ3n) is 16.6. The lowest BCUT2D eigenvalue weighted by atomic mass is 9.51. The zero-order chi connectivity index (χ0) is 48.8. The standard InChI is InChI=1S/C53H60O16/c1-28(2)49-25-35(26-62-31(5)55)52-40-43(49)67-53(68-49,69-52)38(56)23-15-22-36(63-45(57)32-16-9-6-10-17-32)37(64-46(58)33-18-11-7-12-19-33)24-29(3)39-30(4)42(65-47(59)34-20-13-8-14-21-34)51(61,41(39)52)48(60)50(27-54)44(40)66-50/h6-14,16-21,29-30,35-44,48,54,56,60-61H,1,15,22-27H2,2-5H3/t29-,30+,35+,36-,37+,38-,39+,40-,41-,42+,43-,44+,48-,49-,50+,51-,52-,53?/m1/s1. The fourth-order valence-corrected chi connectivity index (χ4v) is 13.6. The highest BCUT2D eigenvalue weighted by Crippen LogP contribution is 2.76. The monoisotopic (exact) mass is 952 g/mol. The van der Waals surface area contributed by atoms with Crippen LogP contribution in [0.5, 0.6) is 0 Å². The Morgan fingerprint density at radius 1 is 0.754 bits per heavy atom. The smallest absolute Gasteiger partial charge is 0.338 e. The Hall–Kier alpha value is -5.04. The van der Waals surface area contributed by atoms with Gasteiger partial charge in [-0.25, -0.2) is 14.4 Å².